The van der Waals surface area contributed by atoms with Crippen LogP contribution in [0.1, 0.15) is 0 Å². The molecule has 0 N–H and O–H groups in total. The minimum atomic E-state index is -0.425. The first-order valence-electron chi connectivity index (χ1n) is 3.05. The molecule has 0 aliphatic rings. The van der Waals surface area contributed by atoms with Crippen molar-refractivity contribution in [1.29, 1.82) is 0 Å². The molecular weight excluding hydrogens is 196 g/mol. The summed E-state index contributed by atoms with van der Waals surface area (Å²) in [7, 11) is 2.73. The first-order chi connectivity index (χ1) is 5.75. The molecule has 0 aromatic carbocycles. The molecule has 0 bridgehead atoms. The van der Waals surface area contributed by atoms with E-state index in [1.165, 1.54) is 27.7 Å². The Morgan fingerprint density at radius 2 is 2.42 bits per heavy atom. The average Bonchev–Trinajstić information content (AvgIpc) is 2.05. The van der Waals surface area contributed by atoms with Gasteiger partial charge in [-0.15, -0.1) is 0 Å². The summed E-state index contributed by atoms with van der Waals surface area (Å²) in [6.45, 7) is 0. The Bertz CT molecular complexity index is 293. The van der Waals surface area contributed by atoms with E-state index >= 15 is 0 Å². The normalized spacial score (nSPS) is 9.75. The summed E-state index contributed by atoms with van der Waals surface area (Å²) in [5.41, 5.74) is 0.0665. The van der Waals surface area contributed by atoms with Gasteiger partial charge in [0.25, 0.3) is 0 Å². The predicted octanol–water partition coefficient (Wildman–Crippen LogP) is 2.36. The van der Waals surface area contributed by atoms with Gasteiger partial charge >= 0.3 is 5.69 Å². The number of hydrogen-bond donors (Lipinski definition) is 0. The Kier molecular flexibility index (Phi) is 3.36. The molecule has 1 heterocycles. The van der Waals surface area contributed by atoms with Gasteiger partial charge in [0, 0.05) is 12.3 Å². The molecule has 0 spiro atoms. The molecule has 1 rings (SSSR count). The molecule has 12 heavy (non-hydrogen) atoms. The standard InChI is InChI=1S/C6H6N2O2S2/c1-11-12-6-5(8(9)10)3-2-4-7-6/h2-4H,1H3. The van der Waals surface area contributed by atoms with Crippen LogP contribution in [0.5, 0.6) is 0 Å². The lowest BCUT2D eigenvalue weighted by Gasteiger charge is -1.96. The van der Waals surface area contributed by atoms with Crippen molar-refractivity contribution in [2.75, 3.05) is 6.26 Å². The minimum Gasteiger partial charge on any atom is -0.258 e. The zero-order valence-corrected chi connectivity index (χ0v) is 7.89. The first kappa shape index (κ1) is 9.34. The maximum atomic E-state index is 10.4. The summed E-state index contributed by atoms with van der Waals surface area (Å²) < 4.78 is 0. The highest BCUT2D eigenvalue weighted by molar-refractivity contribution is 8.76. The molecule has 64 valence electrons. The molecule has 0 saturated heterocycles. The van der Waals surface area contributed by atoms with E-state index in [-0.39, 0.29) is 5.69 Å². The summed E-state index contributed by atoms with van der Waals surface area (Å²) in [4.78, 5) is 13.9. The zero-order valence-electron chi connectivity index (χ0n) is 6.26. The van der Waals surface area contributed by atoms with Gasteiger partial charge in [-0.05, 0) is 23.1 Å². The first-order valence-corrected chi connectivity index (χ1v) is 5.61. The van der Waals surface area contributed by atoms with Crippen molar-refractivity contribution < 1.29 is 4.92 Å². The van der Waals surface area contributed by atoms with Crippen LogP contribution in [0, 0.1) is 10.1 Å². The smallest absolute Gasteiger partial charge is 0.258 e. The second-order valence-corrected chi connectivity index (χ2v) is 4.22. The maximum absolute atomic E-state index is 10.4. The number of rotatable bonds is 3. The highest BCUT2D eigenvalue weighted by Crippen LogP contribution is 2.33. The van der Waals surface area contributed by atoms with E-state index in [4.69, 9.17) is 0 Å². The largest absolute Gasteiger partial charge is 0.302 e. The molecule has 0 fully saturated rings. The van der Waals surface area contributed by atoms with Gasteiger partial charge in [-0.25, -0.2) is 4.98 Å². The third kappa shape index (κ3) is 2.12. The highest BCUT2D eigenvalue weighted by Gasteiger charge is 2.13. The van der Waals surface area contributed by atoms with Gasteiger partial charge < -0.3 is 0 Å². The van der Waals surface area contributed by atoms with Gasteiger partial charge in [0.05, 0.1) is 4.92 Å². The molecule has 0 aliphatic heterocycles. The van der Waals surface area contributed by atoms with Crippen molar-refractivity contribution in [1.82, 2.24) is 4.98 Å². The lowest BCUT2D eigenvalue weighted by Crippen LogP contribution is -1.91. The van der Waals surface area contributed by atoms with Crippen molar-refractivity contribution in [3.05, 3.63) is 28.4 Å². The number of aromatic nitrogens is 1. The van der Waals surface area contributed by atoms with Crippen LogP contribution in [0.4, 0.5) is 5.69 Å². The van der Waals surface area contributed by atoms with E-state index in [0.29, 0.717) is 5.03 Å². The van der Waals surface area contributed by atoms with E-state index < -0.39 is 4.92 Å². The van der Waals surface area contributed by atoms with Gasteiger partial charge in [0.1, 0.15) is 0 Å². The van der Waals surface area contributed by atoms with Gasteiger partial charge in [0.15, 0.2) is 5.03 Å². The summed E-state index contributed by atoms with van der Waals surface area (Å²) in [6, 6.07) is 3.01. The molecular formula is C6H6N2O2S2. The number of pyridine rings is 1. The Morgan fingerprint density at radius 1 is 1.67 bits per heavy atom. The zero-order chi connectivity index (χ0) is 8.97. The maximum Gasteiger partial charge on any atom is 0.302 e. The summed E-state index contributed by atoms with van der Waals surface area (Å²) >= 11 is 0. The van der Waals surface area contributed by atoms with E-state index in [2.05, 4.69) is 4.98 Å². The van der Waals surface area contributed by atoms with Crippen LogP contribution in [0.15, 0.2) is 23.4 Å². The monoisotopic (exact) mass is 202 g/mol. The van der Waals surface area contributed by atoms with Crippen LogP contribution >= 0.6 is 21.6 Å². The Balaban J connectivity index is 3.00. The van der Waals surface area contributed by atoms with Crippen molar-refractivity contribution in [2.45, 2.75) is 5.03 Å². The van der Waals surface area contributed by atoms with Crippen molar-refractivity contribution in [2.24, 2.45) is 0 Å². The molecule has 0 amide bonds. The summed E-state index contributed by atoms with van der Waals surface area (Å²) in [5.74, 6) is 0. The Morgan fingerprint density at radius 3 is 3.00 bits per heavy atom. The topological polar surface area (TPSA) is 56.0 Å². The Labute approximate surface area is 77.3 Å². The van der Waals surface area contributed by atoms with Crippen molar-refractivity contribution in [3.8, 4) is 0 Å². The van der Waals surface area contributed by atoms with E-state index in [9.17, 15) is 10.1 Å². The number of nitrogens with zero attached hydrogens (tertiary/aromatic N) is 2. The van der Waals surface area contributed by atoms with Crippen LogP contribution in [0.25, 0.3) is 0 Å². The van der Waals surface area contributed by atoms with Crippen LogP contribution in [0.2, 0.25) is 0 Å². The molecule has 1 aromatic rings. The fourth-order valence-electron chi connectivity index (χ4n) is 0.664. The third-order valence-electron chi connectivity index (χ3n) is 1.11. The summed E-state index contributed by atoms with van der Waals surface area (Å²) in [5, 5.41) is 10.9. The lowest BCUT2D eigenvalue weighted by molar-refractivity contribution is -0.388. The summed E-state index contributed by atoms with van der Waals surface area (Å²) in [6.07, 6.45) is 3.40. The quantitative estimate of drug-likeness (QED) is 0.428. The molecule has 4 nitrogen and oxygen atoms in total. The number of hydrogen-bond acceptors (Lipinski definition) is 5. The van der Waals surface area contributed by atoms with Crippen LogP contribution < -0.4 is 0 Å². The van der Waals surface area contributed by atoms with E-state index in [1.807, 2.05) is 6.26 Å². The van der Waals surface area contributed by atoms with Crippen LogP contribution in [-0.4, -0.2) is 16.2 Å². The fourth-order valence-corrected chi connectivity index (χ4v) is 2.01. The van der Waals surface area contributed by atoms with Gasteiger partial charge in [-0.3, -0.25) is 10.1 Å². The van der Waals surface area contributed by atoms with Crippen LogP contribution in [-0.2, 0) is 0 Å². The molecule has 0 saturated carbocycles. The predicted molar refractivity (Wildman–Crippen MR) is 50.3 cm³/mol. The van der Waals surface area contributed by atoms with Crippen molar-refractivity contribution in [3.63, 3.8) is 0 Å². The molecule has 0 aliphatic carbocycles. The van der Waals surface area contributed by atoms with Crippen molar-refractivity contribution >= 4 is 27.3 Å². The molecule has 1 aromatic heterocycles. The third-order valence-corrected chi connectivity index (χ3v) is 2.72. The second-order valence-electron chi connectivity index (χ2n) is 1.83. The SMILES string of the molecule is CSSc1ncccc1[N+](=O)[O-]. The minimum absolute atomic E-state index is 0.0665. The van der Waals surface area contributed by atoms with Crippen LogP contribution in [0.3, 0.4) is 0 Å². The highest BCUT2D eigenvalue weighted by atomic mass is 33.1. The van der Waals surface area contributed by atoms with E-state index in [1.54, 1.807) is 12.3 Å². The molecule has 0 radical (unpaired) electrons. The van der Waals surface area contributed by atoms with Gasteiger partial charge in [-0.2, -0.15) is 0 Å². The lowest BCUT2D eigenvalue weighted by atomic mass is 10.4. The fraction of sp³-hybridized carbons (Fsp3) is 0.167. The second kappa shape index (κ2) is 4.32. The molecule has 6 heteroatoms. The molecule has 0 atom stereocenters. The Hall–Kier alpha value is -0.750. The number of nitro groups is 1. The average molecular weight is 202 g/mol. The molecule has 0 unspecified atom stereocenters. The van der Waals surface area contributed by atoms with E-state index in [0.717, 1.165) is 0 Å². The van der Waals surface area contributed by atoms with Gasteiger partial charge in [-0.1, -0.05) is 10.8 Å². The van der Waals surface area contributed by atoms with Gasteiger partial charge in [0.2, 0.25) is 0 Å².